The number of hydrogen-bond acceptors (Lipinski definition) is 6. The van der Waals surface area contributed by atoms with E-state index in [1.54, 1.807) is 18.2 Å². The van der Waals surface area contributed by atoms with Crippen molar-refractivity contribution >= 4 is 21.8 Å². The van der Waals surface area contributed by atoms with Crippen LogP contribution in [0.1, 0.15) is 5.89 Å². The summed E-state index contributed by atoms with van der Waals surface area (Å²) in [4.78, 5) is 16.1. The van der Waals surface area contributed by atoms with Gasteiger partial charge in [0.15, 0.2) is 15.6 Å². The quantitative estimate of drug-likeness (QED) is 0.402. The van der Waals surface area contributed by atoms with Crippen molar-refractivity contribution in [3.63, 3.8) is 0 Å². The number of oxazole rings is 1. The highest BCUT2D eigenvalue weighted by atomic mass is 32.2. The molecule has 1 amide bonds. The second kappa shape index (κ2) is 7.79. The molecule has 0 aliphatic carbocycles. The summed E-state index contributed by atoms with van der Waals surface area (Å²) in [6, 6.07) is 15.6. The van der Waals surface area contributed by atoms with Gasteiger partial charge >= 0.3 is 0 Å². The Balaban J connectivity index is 2.20. The van der Waals surface area contributed by atoms with E-state index in [2.05, 4.69) is 4.98 Å². The van der Waals surface area contributed by atoms with Gasteiger partial charge in [-0.1, -0.05) is 48.5 Å². The zero-order chi connectivity index (χ0) is 20.3. The molecule has 2 aromatic carbocycles. The minimum Gasteiger partial charge on any atom is -0.436 e. The highest BCUT2D eigenvalue weighted by Crippen LogP contribution is 2.36. The van der Waals surface area contributed by atoms with Crippen LogP contribution in [0.3, 0.4) is 0 Å². The molecule has 0 fully saturated rings. The van der Waals surface area contributed by atoms with Gasteiger partial charge in [-0.15, -0.1) is 0 Å². The fourth-order valence-corrected chi connectivity index (χ4v) is 3.50. The van der Waals surface area contributed by atoms with Gasteiger partial charge in [-0.3, -0.25) is 10.0 Å². The molecule has 0 unspecified atom stereocenters. The number of likely N-dealkylation sites (N-methyl/N-ethyl adjacent to an activating group) is 1. The molecule has 1 N–H and O–H groups in total. The molecule has 0 aliphatic rings. The number of sulfone groups is 1. The van der Waals surface area contributed by atoms with Crippen LogP contribution in [0.2, 0.25) is 0 Å². The lowest BCUT2D eigenvalue weighted by molar-refractivity contribution is -0.153. The Morgan fingerprint density at radius 2 is 1.75 bits per heavy atom. The smallest absolute Gasteiger partial charge is 0.269 e. The number of benzene rings is 2. The van der Waals surface area contributed by atoms with Crippen LogP contribution in [0.15, 0.2) is 70.0 Å². The van der Waals surface area contributed by atoms with Gasteiger partial charge in [0.2, 0.25) is 5.89 Å². The Labute approximate surface area is 162 Å². The summed E-state index contributed by atoms with van der Waals surface area (Å²) in [7, 11) is -2.30. The maximum Gasteiger partial charge on any atom is 0.269 e. The van der Waals surface area contributed by atoms with Crippen LogP contribution < -0.4 is 0 Å². The van der Waals surface area contributed by atoms with Gasteiger partial charge in [0, 0.05) is 36.6 Å². The first kappa shape index (κ1) is 19.5. The molecule has 0 saturated carbocycles. The van der Waals surface area contributed by atoms with E-state index >= 15 is 0 Å². The summed E-state index contributed by atoms with van der Waals surface area (Å²) in [6.07, 6.45) is 3.55. The molecule has 1 aromatic heterocycles. The third-order valence-electron chi connectivity index (χ3n) is 3.91. The van der Waals surface area contributed by atoms with Crippen molar-refractivity contribution in [2.45, 2.75) is 4.90 Å². The van der Waals surface area contributed by atoms with Crippen molar-refractivity contribution in [1.82, 2.24) is 10.0 Å². The van der Waals surface area contributed by atoms with Crippen molar-refractivity contribution < 1.29 is 22.8 Å². The number of hydrogen-bond donors (Lipinski definition) is 1. The predicted molar refractivity (Wildman–Crippen MR) is 104 cm³/mol. The summed E-state index contributed by atoms with van der Waals surface area (Å²) in [6.45, 7) is 0. The number of nitrogens with zero attached hydrogens (tertiary/aromatic N) is 2. The Bertz CT molecular complexity index is 1130. The fourth-order valence-electron chi connectivity index (χ4n) is 2.61. The minimum atomic E-state index is -3.50. The maximum absolute atomic E-state index is 12.2. The van der Waals surface area contributed by atoms with Crippen LogP contribution in [0, 0.1) is 0 Å². The highest BCUT2D eigenvalue weighted by Gasteiger charge is 2.22. The molecule has 3 aromatic rings. The average molecular weight is 398 g/mol. The normalized spacial score (nSPS) is 11.7. The lowest BCUT2D eigenvalue weighted by Crippen LogP contribution is -2.19. The van der Waals surface area contributed by atoms with E-state index in [-0.39, 0.29) is 10.8 Å². The van der Waals surface area contributed by atoms with E-state index in [0.717, 1.165) is 12.3 Å². The molecule has 8 heteroatoms. The number of hydroxylamine groups is 2. The zero-order valence-electron chi connectivity index (χ0n) is 15.2. The van der Waals surface area contributed by atoms with Gasteiger partial charge in [-0.05, 0) is 6.07 Å². The molecule has 1 heterocycles. The standard InChI is InChI=1S/C20H18N2O5S/c1-22(24)18(23)13-12-17-21-19(20(27-17)14-8-4-3-5-9-14)15-10-6-7-11-16(15)28(2,25)26/h3-13,24H,1-2H3. The van der Waals surface area contributed by atoms with Crippen molar-refractivity contribution in [3.8, 4) is 22.6 Å². The Morgan fingerprint density at radius 1 is 1.11 bits per heavy atom. The summed E-state index contributed by atoms with van der Waals surface area (Å²) in [5.74, 6) is -0.175. The van der Waals surface area contributed by atoms with Crippen LogP contribution in [-0.2, 0) is 14.6 Å². The minimum absolute atomic E-state index is 0.104. The lowest BCUT2D eigenvalue weighted by Gasteiger charge is -2.07. The van der Waals surface area contributed by atoms with Gasteiger partial charge < -0.3 is 4.42 Å². The summed E-state index contributed by atoms with van der Waals surface area (Å²) >= 11 is 0. The van der Waals surface area contributed by atoms with Crippen molar-refractivity contribution in [2.24, 2.45) is 0 Å². The monoisotopic (exact) mass is 398 g/mol. The second-order valence-corrected chi connectivity index (χ2v) is 8.04. The van der Waals surface area contributed by atoms with Gasteiger partial charge in [0.25, 0.3) is 5.91 Å². The van der Waals surface area contributed by atoms with Gasteiger partial charge in [0.05, 0.1) is 4.90 Å². The Morgan fingerprint density at radius 3 is 2.39 bits per heavy atom. The first-order chi connectivity index (χ1) is 13.3. The van der Waals surface area contributed by atoms with E-state index < -0.39 is 15.7 Å². The molecule has 0 bridgehead atoms. The predicted octanol–water partition coefficient (Wildman–Crippen LogP) is 3.27. The number of aromatic nitrogens is 1. The third-order valence-corrected chi connectivity index (χ3v) is 5.06. The van der Waals surface area contributed by atoms with Crippen molar-refractivity contribution in [3.05, 3.63) is 66.6 Å². The van der Waals surface area contributed by atoms with Gasteiger partial charge in [-0.2, -0.15) is 0 Å². The van der Waals surface area contributed by atoms with E-state index in [1.165, 1.54) is 19.2 Å². The van der Waals surface area contributed by atoms with E-state index in [4.69, 9.17) is 9.62 Å². The molecule has 28 heavy (non-hydrogen) atoms. The molecule has 144 valence electrons. The first-order valence-electron chi connectivity index (χ1n) is 8.27. The van der Waals surface area contributed by atoms with Crippen LogP contribution in [0.4, 0.5) is 0 Å². The average Bonchev–Trinajstić information content (AvgIpc) is 3.10. The van der Waals surface area contributed by atoms with Crippen LogP contribution >= 0.6 is 0 Å². The van der Waals surface area contributed by atoms with Crippen molar-refractivity contribution in [2.75, 3.05) is 13.3 Å². The number of rotatable bonds is 5. The molecule has 0 atom stereocenters. The van der Waals surface area contributed by atoms with Crippen LogP contribution in [-0.4, -0.2) is 42.9 Å². The fraction of sp³-hybridized carbons (Fsp3) is 0.100. The Kier molecular flexibility index (Phi) is 5.43. The second-order valence-electron chi connectivity index (χ2n) is 6.06. The highest BCUT2D eigenvalue weighted by molar-refractivity contribution is 7.90. The summed E-state index contributed by atoms with van der Waals surface area (Å²) < 4.78 is 30.3. The molecule has 0 spiro atoms. The summed E-state index contributed by atoms with van der Waals surface area (Å²) in [5, 5.41) is 9.58. The molecule has 0 aliphatic heterocycles. The third kappa shape index (κ3) is 4.19. The lowest BCUT2D eigenvalue weighted by atomic mass is 10.1. The maximum atomic E-state index is 12.2. The molecule has 7 nitrogen and oxygen atoms in total. The van der Waals surface area contributed by atoms with Crippen LogP contribution in [0.5, 0.6) is 0 Å². The van der Waals surface area contributed by atoms with Gasteiger partial charge in [-0.25, -0.2) is 18.5 Å². The zero-order valence-corrected chi connectivity index (χ0v) is 16.1. The number of amides is 1. The topological polar surface area (TPSA) is 101 Å². The molecular formula is C20H18N2O5S. The van der Waals surface area contributed by atoms with Crippen molar-refractivity contribution in [1.29, 1.82) is 0 Å². The SMILES string of the molecule is CN(O)C(=O)C=Cc1nc(-c2ccccc2S(C)(=O)=O)c(-c2ccccc2)o1. The largest absolute Gasteiger partial charge is 0.436 e. The van der Waals surface area contributed by atoms with E-state index in [0.29, 0.717) is 27.6 Å². The van der Waals surface area contributed by atoms with Gasteiger partial charge in [0.1, 0.15) is 5.69 Å². The molecule has 3 rings (SSSR count). The molecular weight excluding hydrogens is 380 g/mol. The Hall–Kier alpha value is -3.23. The van der Waals surface area contributed by atoms with E-state index in [9.17, 15) is 13.2 Å². The number of carbonyl (C=O) groups excluding carboxylic acids is 1. The van der Waals surface area contributed by atoms with E-state index in [1.807, 2.05) is 30.3 Å². The van der Waals surface area contributed by atoms with Crippen LogP contribution in [0.25, 0.3) is 28.7 Å². The first-order valence-corrected chi connectivity index (χ1v) is 10.2. The summed E-state index contributed by atoms with van der Waals surface area (Å²) in [5.41, 5.74) is 1.45. The molecule has 0 saturated heterocycles. The number of carbonyl (C=O) groups is 1. The molecule has 0 radical (unpaired) electrons.